The van der Waals surface area contributed by atoms with Gasteiger partial charge in [0.05, 0.1) is 0 Å². The number of nitrogens with one attached hydrogen (secondary N) is 1. The number of rotatable bonds is 5. The number of urea groups is 1. The lowest BCUT2D eigenvalue weighted by Crippen LogP contribution is -2.46. The molecule has 1 saturated heterocycles. The van der Waals surface area contributed by atoms with E-state index in [0.29, 0.717) is 19.5 Å². The molecule has 1 aliphatic heterocycles. The van der Waals surface area contributed by atoms with E-state index in [4.69, 9.17) is 5.11 Å². The summed E-state index contributed by atoms with van der Waals surface area (Å²) in [5, 5.41) is 11.1. The first-order chi connectivity index (χ1) is 9.28. The summed E-state index contributed by atoms with van der Waals surface area (Å²) in [7, 11) is 0. The van der Waals surface area contributed by atoms with Gasteiger partial charge >= 0.3 is 17.5 Å². The zero-order valence-corrected chi connectivity index (χ0v) is 11.6. The highest BCUT2D eigenvalue weighted by molar-refractivity contribution is 8.00. The van der Waals surface area contributed by atoms with Crippen molar-refractivity contribution in [2.75, 3.05) is 25.4 Å². The number of piperidine rings is 1. The smallest absolute Gasteiger partial charge is 0.441 e. The molecule has 20 heavy (non-hydrogen) atoms. The van der Waals surface area contributed by atoms with Gasteiger partial charge in [0.2, 0.25) is 0 Å². The molecule has 0 aromatic carbocycles. The van der Waals surface area contributed by atoms with Crippen LogP contribution in [0, 0.1) is 5.92 Å². The third kappa shape index (κ3) is 6.88. The Balaban J connectivity index is 2.27. The Bertz CT molecular complexity index is 352. The SMILES string of the molecule is O=C(O)CC1CCCN(C(=O)NCCSC(F)(F)F)C1. The van der Waals surface area contributed by atoms with Crippen LogP contribution >= 0.6 is 11.8 Å². The van der Waals surface area contributed by atoms with Crippen molar-refractivity contribution in [2.24, 2.45) is 5.92 Å². The van der Waals surface area contributed by atoms with Gasteiger partial charge in [0.25, 0.3) is 0 Å². The summed E-state index contributed by atoms with van der Waals surface area (Å²) in [6, 6.07) is -0.428. The average Bonchev–Trinajstić information content (AvgIpc) is 2.32. The lowest BCUT2D eigenvalue weighted by atomic mass is 9.95. The maximum absolute atomic E-state index is 11.9. The van der Waals surface area contributed by atoms with Crippen LogP contribution in [-0.2, 0) is 4.79 Å². The molecule has 116 valence electrons. The summed E-state index contributed by atoms with van der Waals surface area (Å²) in [5.41, 5.74) is -4.29. The summed E-state index contributed by atoms with van der Waals surface area (Å²) in [6.45, 7) is 0.780. The summed E-state index contributed by atoms with van der Waals surface area (Å²) >= 11 is -0.180. The Morgan fingerprint density at radius 2 is 2.10 bits per heavy atom. The van der Waals surface area contributed by atoms with Gasteiger partial charge in [0, 0.05) is 31.8 Å². The predicted molar refractivity (Wildman–Crippen MR) is 68.5 cm³/mol. The number of hydrogen-bond acceptors (Lipinski definition) is 3. The number of thioether (sulfide) groups is 1. The number of carbonyl (C=O) groups excluding carboxylic acids is 1. The second kappa shape index (κ2) is 7.61. The zero-order valence-electron chi connectivity index (χ0n) is 10.8. The number of carbonyl (C=O) groups is 2. The summed E-state index contributed by atoms with van der Waals surface area (Å²) in [5.74, 6) is -1.22. The first-order valence-corrected chi connectivity index (χ1v) is 7.22. The van der Waals surface area contributed by atoms with Crippen molar-refractivity contribution in [3.63, 3.8) is 0 Å². The fraction of sp³-hybridized carbons (Fsp3) is 0.818. The Labute approximate surface area is 118 Å². The van der Waals surface area contributed by atoms with Gasteiger partial charge < -0.3 is 15.3 Å². The van der Waals surface area contributed by atoms with E-state index in [9.17, 15) is 22.8 Å². The van der Waals surface area contributed by atoms with Crippen molar-refractivity contribution < 1.29 is 27.9 Å². The Morgan fingerprint density at radius 3 is 2.70 bits per heavy atom. The lowest BCUT2D eigenvalue weighted by Gasteiger charge is -2.32. The molecule has 1 aliphatic rings. The summed E-state index contributed by atoms with van der Waals surface area (Å²) in [6.07, 6.45) is 1.47. The molecule has 2 amide bonds. The van der Waals surface area contributed by atoms with Crippen LogP contribution in [0.15, 0.2) is 0 Å². The number of halogens is 3. The zero-order chi connectivity index (χ0) is 15.2. The molecule has 1 atom stereocenters. The number of carboxylic acids is 1. The van der Waals surface area contributed by atoms with Crippen molar-refractivity contribution in [2.45, 2.75) is 24.8 Å². The highest BCUT2D eigenvalue weighted by Gasteiger charge is 2.28. The summed E-state index contributed by atoms with van der Waals surface area (Å²) in [4.78, 5) is 23.8. The third-order valence-electron chi connectivity index (χ3n) is 2.91. The molecule has 1 unspecified atom stereocenters. The maximum Gasteiger partial charge on any atom is 0.441 e. The third-order valence-corrected chi connectivity index (χ3v) is 3.65. The molecule has 1 fully saturated rings. The number of carboxylic acid groups (broad SMARTS) is 1. The van der Waals surface area contributed by atoms with Crippen LogP contribution in [0.4, 0.5) is 18.0 Å². The molecule has 0 aliphatic carbocycles. The minimum Gasteiger partial charge on any atom is -0.481 e. The van der Waals surface area contributed by atoms with Crippen molar-refractivity contribution >= 4 is 23.8 Å². The number of likely N-dealkylation sites (tertiary alicyclic amines) is 1. The quantitative estimate of drug-likeness (QED) is 0.763. The Morgan fingerprint density at radius 1 is 1.40 bits per heavy atom. The second-order valence-electron chi connectivity index (χ2n) is 4.58. The van der Waals surface area contributed by atoms with E-state index in [0.717, 1.165) is 6.42 Å². The highest BCUT2D eigenvalue weighted by Crippen LogP contribution is 2.29. The van der Waals surface area contributed by atoms with E-state index < -0.39 is 17.5 Å². The van der Waals surface area contributed by atoms with E-state index >= 15 is 0 Å². The van der Waals surface area contributed by atoms with Gasteiger partial charge in [-0.3, -0.25) is 4.79 Å². The van der Waals surface area contributed by atoms with Crippen LogP contribution in [0.3, 0.4) is 0 Å². The molecule has 1 heterocycles. The van der Waals surface area contributed by atoms with Gasteiger partial charge in [0.1, 0.15) is 0 Å². The van der Waals surface area contributed by atoms with Crippen molar-refractivity contribution in [1.82, 2.24) is 10.2 Å². The van der Waals surface area contributed by atoms with E-state index in [1.165, 1.54) is 4.90 Å². The van der Waals surface area contributed by atoms with Gasteiger partial charge in [-0.15, -0.1) is 0 Å². The van der Waals surface area contributed by atoms with E-state index in [-0.39, 0.29) is 36.4 Å². The molecule has 0 bridgehead atoms. The number of alkyl halides is 3. The minimum atomic E-state index is -4.29. The topological polar surface area (TPSA) is 69.6 Å². The predicted octanol–water partition coefficient (Wildman–Crippen LogP) is 2.14. The normalized spacial score (nSPS) is 19.8. The molecule has 0 aromatic heterocycles. The van der Waals surface area contributed by atoms with Crippen LogP contribution in [0.2, 0.25) is 0 Å². The van der Waals surface area contributed by atoms with Gasteiger partial charge in [0.15, 0.2) is 0 Å². The standard InChI is InChI=1S/C11H17F3N2O3S/c12-11(13,14)20-5-3-15-10(19)16-4-1-2-8(7-16)6-9(17)18/h8H,1-7H2,(H,15,19)(H,17,18). The fourth-order valence-corrected chi connectivity index (χ4v) is 2.54. The van der Waals surface area contributed by atoms with Gasteiger partial charge in [-0.05, 0) is 30.5 Å². The molecule has 2 N–H and O–H groups in total. The lowest BCUT2D eigenvalue weighted by molar-refractivity contribution is -0.138. The molecule has 1 rings (SSSR count). The minimum absolute atomic E-state index is 0.00764. The van der Waals surface area contributed by atoms with Gasteiger partial charge in [-0.25, -0.2) is 4.79 Å². The monoisotopic (exact) mass is 314 g/mol. The van der Waals surface area contributed by atoms with Crippen molar-refractivity contribution in [1.29, 1.82) is 0 Å². The van der Waals surface area contributed by atoms with E-state index in [1.54, 1.807) is 0 Å². The van der Waals surface area contributed by atoms with Crippen LogP contribution in [0.1, 0.15) is 19.3 Å². The molecule has 0 aromatic rings. The fourth-order valence-electron chi connectivity index (χ4n) is 2.10. The molecule has 0 saturated carbocycles. The first-order valence-electron chi connectivity index (χ1n) is 6.23. The van der Waals surface area contributed by atoms with E-state index in [1.807, 2.05) is 0 Å². The van der Waals surface area contributed by atoms with Crippen LogP contribution in [0.25, 0.3) is 0 Å². The van der Waals surface area contributed by atoms with Gasteiger partial charge in [-0.2, -0.15) is 13.2 Å². The maximum atomic E-state index is 11.9. The number of hydrogen-bond donors (Lipinski definition) is 2. The van der Waals surface area contributed by atoms with Gasteiger partial charge in [-0.1, -0.05) is 0 Å². The van der Waals surface area contributed by atoms with Crippen LogP contribution in [0.5, 0.6) is 0 Å². The number of aliphatic carboxylic acids is 1. The molecule has 5 nitrogen and oxygen atoms in total. The number of nitrogens with zero attached hydrogens (tertiary/aromatic N) is 1. The first kappa shape index (κ1) is 16.9. The largest absolute Gasteiger partial charge is 0.481 e. The Kier molecular flexibility index (Phi) is 6.44. The molecule has 0 spiro atoms. The van der Waals surface area contributed by atoms with Crippen LogP contribution < -0.4 is 5.32 Å². The van der Waals surface area contributed by atoms with Crippen molar-refractivity contribution in [3.8, 4) is 0 Å². The summed E-state index contributed by atoms with van der Waals surface area (Å²) < 4.78 is 35.7. The molecular weight excluding hydrogens is 297 g/mol. The average molecular weight is 314 g/mol. The molecule has 0 radical (unpaired) electrons. The number of amides is 2. The van der Waals surface area contributed by atoms with Crippen molar-refractivity contribution in [3.05, 3.63) is 0 Å². The highest BCUT2D eigenvalue weighted by atomic mass is 32.2. The molecular formula is C11H17F3N2O3S. The van der Waals surface area contributed by atoms with E-state index in [2.05, 4.69) is 5.32 Å². The van der Waals surface area contributed by atoms with Crippen LogP contribution in [-0.4, -0.2) is 52.9 Å². The molecule has 9 heteroatoms. The second-order valence-corrected chi connectivity index (χ2v) is 5.74. The Hall–Kier alpha value is -1.12.